The number of rotatable bonds is 4. The van der Waals surface area contributed by atoms with Crippen molar-refractivity contribution in [2.45, 2.75) is 26.8 Å². The quantitative estimate of drug-likeness (QED) is 0.786. The molecule has 8 heteroatoms. The van der Waals surface area contributed by atoms with Gasteiger partial charge in [0.05, 0.1) is 17.9 Å². The third kappa shape index (κ3) is 2.48. The lowest BCUT2D eigenvalue weighted by Gasteiger charge is -2.06. The number of nitrogens with zero attached hydrogens (tertiary/aromatic N) is 3. The van der Waals surface area contributed by atoms with Gasteiger partial charge in [0.2, 0.25) is 11.8 Å². The summed E-state index contributed by atoms with van der Waals surface area (Å²) in [5.41, 5.74) is 2.31. The molecule has 0 bridgehead atoms. The van der Waals surface area contributed by atoms with Gasteiger partial charge in [-0.25, -0.2) is 9.50 Å². The summed E-state index contributed by atoms with van der Waals surface area (Å²) < 4.78 is 12.4. The molecule has 1 aliphatic rings. The van der Waals surface area contributed by atoms with E-state index in [1.165, 1.54) is 0 Å². The van der Waals surface area contributed by atoms with Gasteiger partial charge in [0, 0.05) is 5.56 Å². The molecule has 124 valence electrons. The molecule has 0 unspecified atom stereocenters. The lowest BCUT2D eigenvalue weighted by Crippen LogP contribution is -2.24. The first-order chi connectivity index (χ1) is 11.7. The molecule has 0 atom stereocenters. The van der Waals surface area contributed by atoms with Crippen molar-refractivity contribution in [1.29, 1.82) is 0 Å². The van der Waals surface area contributed by atoms with Crippen LogP contribution in [0.3, 0.4) is 0 Å². The first-order valence-electron chi connectivity index (χ1n) is 7.67. The molecule has 3 aromatic rings. The summed E-state index contributed by atoms with van der Waals surface area (Å²) in [5, 5.41) is 8.48. The molecule has 1 aromatic carbocycles. The van der Waals surface area contributed by atoms with Crippen molar-refractivity contribution in [2.24, 2.45) is 0 Å². The minimum atomic E-state index is -0.173. The summed E-state index contributed by atoms with van der Waals surface area (Å²) in [5.74, 6) is 1.08. The topological polar surface area (TPSA) is 77.8 Å². The van der Waals surface area contributed by atoms with Crippen molar-refractivity contribution < 1.29 is 14.3 Å². The van der Waals surface area contributed by atoms with Gasteiger partial charge in [-0.05, 0) is 31.5 Å². The van der Waals surface area contributed by atoms with Crippen LogP contribution in [0.25, 0.3) is 4.96 Å². The van der Waals surface area contributed by atoms with Gasteiger partial charge in [0.1, 0.15) is 5.01 Å². The molecule has 4 rings (SSSR count). The van der Waals surface area contributed by atoms with Crippen molar-refractivity contribution in [3.05, 3.63) is 40.2 Å². The second-order valence-corrected chi connectivity index (χ2v) is 6.48. The van der Waals surface area contributed by atoms with E-state index in [4.69, 9.17) is 9.47 Å². The zero-order valence-corrected chi connectivity index (χ0v) is 14.1. The molecule has 0 aliphatic carbocycles. The molecule has 0 fully saturated rings. The Bertz CT molecular complexity index is 931. The third-order valence-electron chi connectivity index (χ3n) is 3.89. The van der Waals surface area contributed by atoms with Crippen LogP contribution in [0.1, 0.15) is 33.7 Å². The lowest BCUT2D eigenvalue weighted by atomic mass is 10.2. The Balaban J connectivity index is 1.53. The molecule has 3 heterocycles. The van der Waals surface area contributed by atoms with E-state index in [-0.39, 0.29) is 12.7 Å². The highest BCUT2D eigenvalue weighted by Crippen LogP contribution is 2.32. The van der Waals surface area contributed by atoms with Crippen LogP contribution in [-0.2, 0) is 13.0 Å². The average Bonchev–Trinajstić information content (AvgIpc) is 3.26. The maximum absolute atomic E-state index is 12.4. The van der Waals surface area contributed by atoms with Gasteiger partial charge in [-0.3, -0.25) is 4.79 Å². The summed E-state index contributed by atoms with van der Waals surface area (Å²) in [4.78, 5) is 17.8. The van der Waals surface area contributed by atoms with Gasteiger partial charge in [-0.15, -0.1) is 0 Å². The van der Waals surface area contributed by atoms with Gasteiger partial charge < -0.3 is 14.8 Å². The summed E-state index contributed by atoms with van der Waals surface area (Å²) >= 11 is 1.57. The van der Waals surface area contributed by atoms with E-state index in [1.807, 2.05) is 11.4 Å². The van der Waals surface area contributed by atoms with Gasteiger partial charge >= 0.3 is 0 Å². The summed E-state index contributed by atoms with van der Waals surface area (Å²) in [6, 6.07) is 5.15. The summed E-state index contributed by atoms with van der Waals surface area (Å²) in [6.07, 6.45) is 0.871. The van der Waals surface area contributed by atoms with Crippen LogP contribution in [0.5, 0.6) is 11.5 Å². The second kappa shape index (κ2) is 5.79. The van der Waals surface area contributed by atoms with E-state index in [2.05, 4.69) is 22.3 Å². The maximum atomic E-state index is 12.4. The fourth-order valence-electron chi connectivity index (χ4n) is 2.58. The van der Waals surface area contributed by atoms with Crippen LogP contribution in [0, 0.1) is 6.92 Å². The zero-order valence-electron chi connectivity index (χ0n) is 13.3. The van der Waals surface area contributed by atoms with E-state index in [1.54, 1.807) is 29.5 Å². The van der Waals surface area contributed by atoms with Crippen molar-refractivity contribution in [2.75, 3.05) is 6.79 Å². The van der Waals surface area contributed by atoms with Gasteiger partial charge in [-0.1, -0.05) is 18.3 Å². The highest BCUT2D eigenvalue weighted by molar-refractivity contribution is 7.16. The molecule has 7 nitrogen and oxygen atoms in total. The van der Waals surface area contributed by atoms with Crippen LogP contribution >= 0.6 is 11.3 Å². The standard InChI is InChI=1S/C16H16N4O3S/c1-3-14-19-20-11(9(2)18-16(20)24-14)7-17-15(21)10-4-5-12-13(6-10)23-8-22-12/h4-6H,3,7-8H2,1-2H3,(H,17,21). The predicted octanol–water partition coefficient (Wildman–Crippen LogP) is 2.32. The number of fused-ring (bicyclic) bond motifs is 2. The molecular formula is C16H16N4O3S. The number of amides is 1. The largest absolute Gasteiger partial charge is 0.454 e. The van der Waals surface area contributed by atoms with Crippen molar-refractivity contribution in [3.63, 3.8) is 0 Å². The van der Waals surface area contributed by atoms with Gasteiger partial charge in [-0.2, -0.15) is 5.10 Å². The number of imidazole rings is 1. The first-order valence-corrected chi connectivity index (χ1v) is 8.49. The van der Waals surface area contributed by atoms with E-state index in [9.17, 15) is 4.79 Å². The number of aryl methyl sites for hydroxylation is 2. The highest BCUT2D eigenvalue weighted by Gasteiger charge is 2.18. The normalized spacial score (nSPS) is 12.8. The molecule has 0 radical (unpaired) electrons. The number of hydrogen-bond acceptors (Lipinski definition) is 6. The Labute approximate surface area is 142 Å². The summed E-state index contributed by atoms with van der Waals surface area (Å²) in [6.45, 7) is 4.55. The van der Waals surface area contributed by atoms with Crippen LogP contribution in [0.15, 0.2) is 18.2 Å². The second-order valence-electron chi connectivity index (χ2n) is 5.44. The fraction of sp³-hybridized carbons (Fsp3) is 0.312. The van der Waals surface area contributed by atoms with Gasteiger partial charge in [0.25, 0.3) is 5.91 Å². The molecule has 0 spiro atoms. The Morgan fingerprint density at radius 2 is 2.21 bits per heavy atom. The molecule has 2 aromatic heterocycles. The Kier molecular flexibility index (Phi) is 3.61. The number of carbonyl (C=O) groups excluding carboxylic acids is 1. The smallest absolute Gasteiger partial charge is 0.251 e. The average molecular weight is 344 g/mol. The number of benzene rings is 1. The predicted molar refractivity (Wildman–Crippen MR) is 88.7 cm³/mol. The van der Waals surface area contributed by atoms with Crippen LogP contribution in [0.2, 0.25) is 0 Å². The van der Waals surface area contributed by atoms with Crippen LogP contribution in [0.4, 0.5) is 0 Å². The number of carbonyl (C=O) groups is 1. The third-order valence-corrected chi connectivity index (χ3v) is 4.94. The maximum Gasteiger partial charge on any atom is 0.251 e. The molecule has 1 amide bonds. The number of ether oxygens (including phenoxy) is 2. The van der Waals surface area contributed by atoms with Crippen LogP contribution in [-0.4, -0.2) is 27.3 Å². The number of nitrogens with one attached hydrogen (secondary N) is 1. The van der Waals surface area contributed by atoms with E-state index in [0.29, 0.717) is 23.6 Å². The molecule has 1 aliphatic heterocycles. The molecule has 24 heavy (non-hydrogen) atoms. The number of hydrogen-bond donors (Lipinski definition) is 1. The highest BCUT2D eigenvalue weighted by atomic mass is 32.1. The van der Waals surface area contributed by atoms with E-state index >= 15 is 0 Å². The molecule has 0 saturated heterocycles. The fourth-order valence-corrected chi connectivity index (χ4v) is 3.48. The first kappa shape index (κ1) is 14.9. The summed E-state index contributed by atoms with van der Waals surface area (Å²) in [7, 11) is 0. The Morgan fingerprint density at radius 1 is 1.38 bits per heavy atom. The van der Waals surface area contributed by atoms with Crippen molar-refractivity contribution in [3.8, 4) is 11.5 Å². The minimum absolute atomic E-state index is 0.173. The lowest BCUT2D eigenvalue weighted by molar-refractivity contribution is 0.0949. The van der Waals surface area contributed by atoms with Crippen LogP contribution < -0.4 is 14.8 Å². The zero-order chi connectivity index (χ0) is 16.7. The molecule has 1 N–H and O–H groups in total. The Morgan fingerprint density at radius 3 is 3.04 bits per heavy atom. The van der Waals surface area contributed by atoms with Gasteiger partial charge in [0.15, 0.2) is 11.5 Å². The molecular weight excluding hydrogens is 328 g/mol. The minimum Gasteiger partial charge on any atom is -0.454 e. The van der Waals surface area contributed by atoms with Crippen molar-refractivity contribution in [1.82, 2.24) is 19.9 Å². The van der Waals surface area contributed by atoms with E-state index < -0.39 is 0 Å². The Hall–Kier alpha value is -2.61. The van der Waals surface area contributed by atoms with E-state index in [0.717, 1.165) is 27.8 Å². The molecule has 0 saturated carbocycles. The van der Waals surface area contributed by atoms with Crippen molar-refractivity contribution >= 4 is 22.2 Å². The SMILES string of the molecule is CCc1nn2c(CNC(=O)c3ccc4c(c3)OCO4)c(C)nc2s1. The number of aromatic nitrogens is 3. The monoisotopic (exact) mass is 344 g/mol.